The second-order valence-corrected chi connectivity index (χ2v) is 7.73. The van der Waals surface area contributed by atoms with E-state index < -0.39 is 10.0 Å². The van der Waals surface area contributed by atoms with Gasteiger partial charge in [-0.25, -0.2) is 12.7 Å². The highest BCUT2D eigenvalue weighted by Crippen LogP contribution is 2.15. The van der Waals surface area contributed by atoms with Crippen LogP contribution in [-0.4, -0.2) is 37.8 Å². The Labute approximate surface area is 125 Å². The molecule has 0 aliphatic carbocycles. The molecule has 0 radical (unpaired) electrons. The Morgan fingerprint density at radius 2 is 2.15 bits per heavy atom. The smallest absolute Gasteiger partial charge is 0.212 e. The van der Waals surface area contributed by atoms with Gasteiger partial charge in [-0.3, -0.25) is 0 Å². The molecule has 0 aliphatic rings. The van der Waals surface area contributed by atoms with E-state index in [0.29, 0.717) is 11.1 Å². The molecule has 0 saturated carbocycles. The molecular formula is C14H20N2O2S2. The van der Waals surface area contributed by atoms with E-state index in [9.17, 15) is 8.42 Å². The maximum atomic E-state index is 12.3. The summed E-state index contributed by atoms with van der Waals surface area (Å²) in [6, 6.07) is 8.73. The van der Waals surface area contributed by atoms with Crippen molar-refractivity contribution < 1.29 is 8.42 Å². The summed E-state index contributed by atoms with van der Waals surface area (Å²) < 4.78 is 26.1. The molecule has 0 aromatic heterocycles. The third kappa shape index (κ3) is 4.82. The van der Waals surface area contributed by atoms with Crippen LogP contribution >= 0.6 is 11.8 Å². The van der Waals surface area contributed by atoms with E-state index in [-0.39, 0.29) is 11.8 Å². The van der Waals surface area contributed by atoms with Crippen molar-refractivity contribution in [3.8, 4) is 6.07 Å². The van der Waals surface area contributed by atoms with Gasteiger partial charge in [-0.15, -0.1) is 0 Å². The van der Waals surface area contributed by atoms with Crippen molar-refractivity contribution in [2.75, 3.05) is 19.1 Å². The van der Waals surface area contributed by atoms with Gasteiger partial charge in [-0.05, 0) is 43.0 Å². The number of hydrogen-bond acceptors (Lipinski definition) is 4. The summed E-state index contributed by atoms with van der Waals surface area (Å²) in [7, 11) is -1.73. The van der Waals surface area contributed by atoms with Gasteiger partial charge in [0.2, 0.25) is 10.0 Å². The molecule has 0 heterocycles. The van der Waals surface area contributed by atoms with Gasteiger partial charge in [0.1, 0.15) is 0 Å². The average Bonchev–Trinajstić information content (AvgIpc) is 2.43. The van der Waals surface area contributed by atoms with Crippen molar-refractivity contribution in [3.05, 3.63) is 35.4 Å². The van der Waals surface area contributed by atoms with Crippen LogP contribution in [0.3, 0.4) is 0 Å². The number of thioether (sulfide) groups is 1. The molecule has 0 spiro atoms. The SMILES string of the molecule is CSCCC(C)N(C)S(=O)(=O)Cc1cccc(C#N)c1. The van der Waals surface area contributed by atoms with E-state index >= 15 is 0 Å². The Kier molecular flexibility index (Phi) is 6.53. The normalized spacial score (nSPS) is 13.2. The maximum absolute atomic E-state index is 12.3. The number of sulfonamides is 1. The van der Waals surface area contributed by atoms with Gasteiger partial charge >= 0.3 is 0 Å². The first-order valence-corrected chi connectivity index (χ1v) is 9.34. The molecule has 20 heavy (non-hydrogen) atoms. The Morgan fingerprint density at radius 1 is 1.45 bits per heavy atom. The Balaban J connectivity index is 2.81. The fourth-order valence-corrected chi connectivity index (χ4v) is 3.82. The van der Waals surface area contributed by atoms with Crippen LogP contribution in [0.4, 0.5) is 0 Å². The number of benzene rings is 1. The standard InChI is InChI=1S/C14H20N2O2S2/c1-12(7-8-19-3)16(2)20(17,18)11-14-6-4-5-13(9-14)10-15/h4-6,9,12H,7-8,11H2,1-3H3. The third-order valence-corrected chi connectivity index (χ3v) is 5.78. The molecule has 0 aliphatic heterocycles. The summed E-state index contributed by atoms with van der Waals surface area (Å²) >= 11 is 1.71. The van der Waals surface area contributed by atoms with Gasteiger partial charge in [-0.2, -0.15) is 17.0 Å². The zero-order valence-electron chi connectivity index (χ0n) is 12.0. The molecule has 1 unspecified atom stereocenters. The van der Waals surface area contributed by atoms with Gasteiger partial charge in [0.05, 0.1) is 17.4 Å². The largest absolute Gasteiger partial charge is 0.218 e. The third-order valence-electron chi connectivity index (χ3n) is 3.20. The van der Waals surface area contributed by atoms with Crippen molar-refractivity contribution in [3.63, 3.8) is 0 Å². The van der Waals surface area contributed by atoms with Gasteiger partial charge in [0.25, 0.3) is 0 Å². The predicted molar refractivity (Wildman–Crippen MR) is 84.0 cm³/mol. The molecule has 0 amide bonds. The monoisotopic (exact) mass is 312 g/mol. The van der Waals surface area contributed by atoms with Crippen molar-refractivity contribution in [2.24, 2.45) is 0 Å². The maximum Gasteiger partial charge on any atom is 0.218 e. The number of nitrogens with zero attached hydrogens (tertiary/aromatic N) is 2. The summed E-state index contributed by atoms with van der Waals surface area (Å²) in [4.78, 5) is 0. The number of hydrogen-bond donors (Lipinski definition) is 0. The highest BCUT2D eigenvalue weighted by Gasteiger charge is 2.23. The van der Waals surface area contributed by atoms with Gasteiger partial charge in [0, 0.05) is 13.1 Å². The van der Waals surface area contributed by atoms with Crippen LogP contribution in [0.2, 0.25) is 0 Å². The zero-order chi connectivity index (χ0) is 15.2. The van der Waals surface area contributed by atoms with Crippen LogP contribution in [-0.2, 0) is 15.8 Å². The molecule has 1 atom stereocenters. The van der Waals surface area contributed by atoms with Crippen molar-refractivity contribution in [1.29, 1.82) is 5.26 Å². The topological polar surface area (TPSA) is 61.2 Å². The molecule has 6 heteroatoms. The average molecular weight is 312 g/mol. The predicted octanol–water partition coefficient (Wildman–Crippen LogP) is 2.46. The van der Waals surface area contributed by atoms with E-state index in [1.165, 1.54) is 4.31 Å². The zero-order valence-corrected chi connectivity index (χ0v) is 13.7. The van der Waals surface area contributed by atoms with E-state index in [1.807, 2.05) is 19.2 Å². The van der Waals surface area contributed by atoms with E-state index in [2.05, 4.69) is 0 Å². The highest BCUT2D eigenvalue weighted by molar-refractivity contribution is 7.98. The molecule has 1 rings (SSSR count). The van der Waals surface area contributed by atoms with Crippen LogP contribution in [0.25, 0.3) is 0 Å². The van der Waals surface area contributed by atoms with Crippen LogP contribution < -0.4 is 0 Å². The van der Waals surface area contributed by atoms with Crippen LogP contribution in [0.1, 0.15) is 24.5 Å². The fraction of sp³-hybridized carbons (Fsp3) is 0.500. The highest BCUT2D eigenvalue weighted by atomic mass is 32.2. The minimum absolute atomic E-state index is 0.0217. The first kappa shape index (κ1) is 17.0. The molecule has 0 saturated heterocycles. The van der Waals surface area contributed by atoms with Crippen molar-refractivity contribution in [2.45, 2.75) is 25.1 Å². The summed E-state index contributed by atoms with van der Waals surface area (Å²) in [6.45, 7) is 1.92. The molecular weight excluding hydrogens is 292 g/mol. The van der Waals surface area contributed by atoms with Crippen molar-refractivity contribution in [1.82, 2.24) is 4.31 Å². The van der Waals surface area contributed by atoms with Crippen LogP contribution in [0, 0.1) is 11.3 Å². The molecule has 110 valence electrons. The van der Waals surface area contributed by atoms with E-state index in [0.717, 1.165) is 12.2 Å². The van der Waals surface area contributed by atoms with E-state index in [4.69, 9.17) is 5.26 Å². The molecule has 0 bridgehead atoms. The van der Waals surface area contributed by atoms with Crippen molar-refractivity contribution >= 4 is 21.8 Å². The molecule has 1 aromatic carbocycles. The van der Waals surface area contributed by atoms with Gasteiger partial charge < -0.3 is 0 Å². The lowest BCUT2D eigenvalue weighted by Gasteiger charge is -2.24. The summed E-state index contributed by atoms with van der Waals surface area (Å²) in [6.07, 6.45) is 2.84. The lowest BCUT2D eigenvalue weighted by molar-refractivity contribution is 0.382. The summed E-state index contributed by atoms with van der Waals surface area (Å²) in [5, 5.41) is 8.84. The number of rotatable bonds is 7. The fourth-order valence-electron chi connectivity index (χ4n) is 1.79. The number of nitriles is 1. The Hall–Kier alpha value is -1.03. The lowest BCUT2D eigenvalue weighted by Crippen LogP contribution is -2.36. The summed E-state index contributed by atoms with van der Waals surface area (Å²) in [5.41, 5.74) is 1.13. The van der Waals surface area contributed by atoms with Crippen LogP contribution in [0.5, 0.6) is 0 Å². The van der Waals surface area contributed by atoms with Gasteiger partial charge in [0.15, 0.2) is 0 Å². The Bertz CT molecular complexity index is 579. The van der Waals surface area contributed by atoms with Crippen LogP contribution in [0.15, 0.2) is 24.3 Å². The molecule has 0 fully saturated rings. The minimum atomic E-state index is -3.35. The second kappa shape index (κ2) is 7.67. The molecule has 1 aromatic rings. The Morgan fingerprint density at radius 3 is 2.75 bits per heavy atom. The van der Waals surface area contributed by atoms with E-state index in [1.54, 1.807) is 43.1 Å². The lowest BCUT2D eigenvalue weighted by atomic mass is 10.2. The quantitative estimate of drug-likeness (QED) is 0.776. The first-order valence-electron chi connectivity index (χ1n) is 6.34. The van der Waals surface area contributed by atoms with Gasteiger partial charge in [-0.1, -0.05) is 12.1 Å². The summed E-state index contributed by atoms with van der Waals surface area (Å²) in [5.74, 6) is 0.869. The molecule has 0 N–H and O–H groups in total. The first-order chi connectivity index (χ1) is 9.40. The minimum Gasteiger partial charge on any atom is -0.212 e. The molecule has 4 nitrogen and oxygen atoms in total. The second-order valence-electron chi connectivity index (χ2n) is 4.72.